The third-order valence-corrected chi connectivity index (χ3v) is 7.23. The van der Waals surface area contributed by atoms with E-state index in [4.69, 9.17) is 27.4 Å². The van der Waals surface area contributed by atoms with Gasteiger partial charge >= 0.3 is 10.7 Å². The molecule has 0 amide bonds. The lowest BCUT2D eigenvalue weighted by Gasteiger charge is -2.19. The predicted molar refractivity (Wildman–Crippen MR) is 143 cm³/mol. The second kappa shape index (κ2) is 19.8. The van der Waals surface area contributed by atoms with E-state index in [1.165, 1.54) is 81.6 Å². The standard InChI is InChI=1S/C27H47N3O5S.ClH/c1-2-3-4-5-6-7-8-9-10-11-12-13-14-15-16-17-23(32)35-25-21(20-31)34-26(24(25)33)30-19-18-22(28)29-27(30)36;/h18-19,21,24-26,31,33H,2-17,20H2,1H3,(H2,28,29,36);1H/t21-,24+,25-,26-;/m1./s1. The number of nitrogen functional groups attached to an aromatic ring is 1. The van der Waals surface area contributed by atoms with Crippen molar-refractivity contribution in [3.05, 3.63) is 17.0 Å². The number of esters is 1. The number of H-pyrrole nitrogens is 1. The maximum Gasteiger partial charge on any atom is 0.352 e. The molecule has 1 saturated heterocycles. The first kappa shape index (κ1) is 33.8. The quantitative estimate of drug-likeness (QED) is 0.0882. The lowest BCUT2D eigenvalue weighted by atomic mass is 10.0. The number of unbranched alkanes of at least 4 members (excludes halogenated alkanes) is 14. The van der Waals surface area contributed by atoms with E-state index in [0.29, 0.717) is 12.2 Å². The number of nitrogens with two attached hydrogens (primary N) is 1. The highest BCUT2D eigenvalue weighted by Crippen LogP contribution is 2.28. The molecule has 1 aromatic heterocycles. The number of aromatic nitrogens is 2. The number of aliphatic hydroxyl groups excluding tert-OH is 2. The highest BCUT2D eigenvalue weighted by Gasteiger charge is 2.49. The summed E-state index contributed by atoms with van der Waals surface area (Å²) < 4.78 is 13.0. The van der Waals surface area contributed by atoms with Gasteiger partial charge in [-0.2, -0.15) is 4.57 Å². The first-order valence-electron chi connectivity index (χ1n) is 14.0. The SMILES string of the molecule is CCCCCCCCCCCCCCCCCC(=O)O[C@H]1[C@H](O)[C@H]([n+]2ccc(N)[nH]c2=S)O[C@@H]1CO.[Cl-]. The number of carbonyl (C=O) groups excluding carboxylic acids is 1. The Morgan fingerprint density at radius 2 is 1.54 bits per heavy atom. The molecule has 2 rings (SSSR count). The lowest BCUT2D eigenvalue weighted by molar-refractivity contribution is -0.773. The van der Waals surface area contributed by atoms with Gasteiger partial charge in [-0.05, 0) is 6.42 Å². The number of hydrogen-bond acceptors (Lipinski definition) is 7. The molecule has 2 heterocycles. The number of aromatic amines is 1. The number of ether oxygens (including phenoxy) is 2. The van der Waals surface area contributed by atoms with Gasteiger partial charge in [-0.25, -0.2) is 4.98 Å². The molecular weight excluding hydrogens is 514 g/mol. The Kier molecular flexibility index (Phi) is 18.0. The summed E-state index contributed by atoms with van der Waals surface area (Å²) in [4.78, 5) is 15.2. The minimum Gasteiger partial charge on any atom is -1.00 e. The third-order valence-electron chi connectivity index (χ3n) is 6.92. The van der Waals surface area contributed by atoms with Gasteiger partial charge in [-0.1, -0.05) is 96.8 Å². The molecule has 1 fully saturated rings. The minimum atomic E-state index is -1.16. The summed E-state index contributed by atoms with van der Waals surface area (Å²) in [5, 5.41) is 20.4. The molecule has 0 bridgehead atoms. The summed E-state index contributed by atoms with van der Waals surface area (Å²) in [5.41, 5.74) is 5.69. The van der Waals surface area contributed by atoms with E-state index in [1.807, 2.05) is 0 Å². The predicted octanol–water partition coefficient (Wildman–Crippen LogP) is 2.04. The van der Waals surface area contributed by atoms with Crippen molar-refractivity contribution in [2.45, 2.75) is 134 Å². The van der Waals surface area contributed by atoms with Gasteiger partial charge in [0.25, 0.3) is 0 Å². The Balaban J connectivity index is 0.00000684. The number of rotatable bonds is 19. The van der Waals surface area contributed by atoms with E-state index in [2.05, 4.69) is 11.9 Å². The van der Waals surface area contributed by atoms with E-state index >= 15 is 0 Å². The molecule has 8 nitrogen and oxygen atoms in total. The molecule has 1 aliphatic heterocycles. The summed E-state index contributed by atoms with van der Waals surface area (Å²) in [6.45, 7) is 1.88. The monoisotopic (exact) mass is 561 g/mol. The van der Waals surface area contributed by atoms with Crippen LogP contribution < -0.4 is 22.7 Å². The summed E-state index contributed by atoms with van der Waals surface area (Å²) in [6.07, 6.45) is 17.0. The first-order valence-corrected chi connectivity index (χ1v) is 14.4. The van der Waals surface area contributed by atoms with E-state index in [0.717, 1.165) is 19.3 Å². The molecule has 0 unspecified atom stereocenters. The molecule has 0 spiro atoms. The summed E-state index contributed by atoms with van der Waals surface area (Å²) in [6, 6.07) is 1.59. The van der Waals surface area contributed by atoms with Crippen molar-refractivity contribution in [1.82, 2.24) is 4.98 Å². The largest absolute Gasteiger partial charge is 1.00 e. The molecule has 5 N–H and O–H groups in total. The summed E-state index contributed by atoms with van der Waals surface area (Å²) >= 11 is 5.24. The van der Waals surface area contributed by atoms with Crippen LogP contribution in [-0.4, -0.2) is 46.1 Å². The van der Waals surface area contributed by atoms with Crippen LogP contribution in [0.2, 0.25) is 0 Å². The molecule has 10 heteroatoms. The van der Waals surface area contributed by atoms with E-state index < -0.39 is 24.5 Å². The fourth-order valence-corrected chi connectivity index (χ4v) is 5.03. The van der Waals surface area contributed by atoms with Crippen LogP contribution in [-0.2, 0) is 14.3 Å². The molecular formula is C27H48ClN3O5S. The van der Waals surface area contributed by atoms with Gasteiger partial charge in [0, 0.05) is 24.7 Å². The average Bonchev–Trinajstić information content (AvgIpc) is 3.16. The van der Waals surface area contributed by atoms with Crippen LogP contribution in [0, 0.1) is 4.77 Å². The Morgan fingerprint density at radius 1 is 1.03 bits per heavy atom. The zero-order valence-electron chi connectivity index (χ0n) is 22.4. The molecule has 0 saturated carbocycles. The second-order valence-corrected chi connectivity index (χ2v) is 10.4. The van der Waals surface area contributed by atoms with Crippen LogP contribution in [0.1, 0.15) is 116 Å². The smallest absolute Gasteiger partial charge is 0.352 e. The van der Waals surface area contributed by atoms with Crippen LogP contribution in [0.4, 0.5) is 5.82 Å². The number of hydrogen-bond donors (Lipinski definition) is 4. The van der Waals surface area contributed by atoms with Crippen molar-refractivity contribution < 1.29 is 41.5 Å². The van der Waals surface area contributed by atoms with Gasteiger partial charge in [0.05, 0.1) is 6.61 Å². The van der Waals surface area contributed by atoms with E-state index in [9.17, 15) is 15.0 Å². The molecule has 1 aliphatic rings. The van der Waals surface area contributed by atoms with Crippen LogP contribution in [0.5, 0.6) is 0 Å². The molecule has 0 radical (unpaired) electrons. The van der Waals surface area contributed by atoms with Crippen molar-refractivity contribution >= 4 is 24.0 Å². The van der Waals surface area contributed by atoms with Crippen LogP contribution in [0.25, 0.3) is 0 Å². The molecule has 0 aromatic carbocycles. The third kappa shape index (κ3) is 12.4. The molecule has 0 aliphatic carbocycles. The minimum absolute atomic E-state index is 0. The van der Waals surface area contributed by atoms with Crippen molar-refractivity contribution in [3.63, 3.8) is 0 Å². The number of halogens is 1. The van der Waals surface area contributed by atoms with E-state index in [-0.39, 0.29) is 29.8 Å². The maximum atomic E-state index is 12.4. The number of carbonyl (C=O) groups is 1. The fourth-order valence-electron chi connectivity index (χ4n) is 4.75. The summed E-state index contributed by atoms with van der Waals surface area (Å²) in [7, 11) is 0. The topological polar surface area (TPSA) is 122 Å². The van der Waals surface area contributed by atoms with Gasteiger partial charge in [-0.3, -0.25) is 4.79 Å². The van der Waals surface area contributed by atoms with Crippen LogP contribution >= 0.6 is 12.2 Å². The first-order chi connectivity index (χ1) is 17.5. The van der Waals surface area contributed by atoms with Crippen molar-refractivity contribution in [2.24, 2.45) is 0 Å². The van der Waals surface area contributed by atoms with Crippen molar-refractivity contribution in [3.8, 4) is 0 Å². The lowest BCUT2D eigenvalue weighted by Crippen LogP contribution is -3.00. The number of nitrogens with zero attached hydrogens (tertiary/aromatic N) is 1. The van der Waals surface area contributed by atoms with Gasteiger partial charge in [0.15, 0.2) is 18.0 Å². The van der Waals surface area contributed by atoms with E-state index in [1.54, 1.807) is 12.3 Å². The van der Waals surface area contributed by atoms with Crippen molar-refractivity contribution in [1.29, 1.82) is 0 Å². The number of anilines is 1. The fraction of sp³-hybridized carbons (Fsp3) is 0.815. The Labute approximate surface area is 233 Å². The zero-order chi connectivity index (χ0) is 26.2. The number of nitrogens with one attached hydrogen (secondary N) is 1. The number of aliphatic hydroxyl groups is 2. The Hall–Kier alpha value is -1.26. The highest BCUT2D eigenvalue weighted by atomic mass is 35.5. The second-order valence-electron chi connectivity index (χ2n) is 10.0. The Morgan fingerprint density at radius 3 is 2.03 bits per heavy atom. The van der Waals surface area contributed by atoms with Gasteiger partial charge < -0.3 is 37.8 Å². The van der Waals surface area contributed by atoms with Crippen LogP contribution in [0.15, 0.2) is 12.3 Å². The maximum absolute atomic E-state index is 12.4. The summed E-state index contributed by atoms with van der Waals surface area (Å²) in [5.74, 6) is -0.00201. The van der Waals surface area contributed by atoms with Gasteiger partial charge in [-0.15, -0.1) is 0 Å². The average molecular weight is 562 g/mol. The normalized spacial score (nSPS) is 21.1. The van der Waals surface area contributed by atoms with Crippen molar-refractivity contribution in [2.75, 3.05) is 12.3 Å². The highest BCUT2D eigenvalue weighted by molar-refractivity contribution is 7.71. The zero-order valence-corrected chi connectivity index (χ0v) is 24.0. The molecule has 4 atom stereocenters. The van der Waals surface area contributed by atoms with Gasteiger partial charge in [0.2, 0.25) is 6.23 Å². The van der Waals surface area contributed by atoms with Crippen LogP contribution in [0.3, 0.4) is 0 Å². The Bertz CT molecular complexity index is 812. The molecule has 214 valence electrons. The molecule has 1 aromatic rings. The molecule has 37 heavy (non-hydrogen) atoms. The van der Waals surface area contributed by atoms with Gasteiger partial charge in [0.1, 0.15) is 12.3 Å².